The largest absolute Gasteiger partial charge is 0.462 e. The lowest BCUT2D eigenvalue weighted by Gasteiger charge is -2.18. The molecule has 0 fully saturated rings. The summed E-state index contributed by atoms with van der Waals surface area (Å²) in [6.07, 6.45) is 76.6. The summed E-state index contributed by atoms with van der Waals surface area (Å²) >= 11 is 0. The van der Waals surface area contributed by atoms with E-state index in [4.69, 9.17) is 14.2 Å². The molecule has 73 heavy (non-hydrogen) atoms. The van der Waals surface area contributed by atoms with Crippen LogP contribution in [0, 0.1) is 0 Å². The maximum Gasteiger partial charge on any atom is 0.306 e. The van der Waals surface area contributed by atoms with Gasteiger partial charge in [0, 0.05) is 19.3 Å². The van der Waals surface area contributed by atoms with Gasteiger partial charge in [-0.05, 0) is 51.4 Å². The minimum atomic E-state index is -0.772. The Labute approximate surface area is 455 Å². The molecular formula is C67H124O6. The van der Waals surface area contributed by atoms with Crippen LogP contribution in [0.3, 0.4) is 0 Å². The van der Waals surface area contributed by atoms with Gasteiger partial charge in [-0.1, -0.05) is 320 Å². The number of carbonyl (C=O) groups is 3. The highest BCUT2D eigenvalue weighted by Crippen LogP contribution is 2.18. The predicted molar refractivity (Wildman–Crippen MR) is 316 cm³/mol. The fourth-order valence-corrected chi connectivity index (χ4v) is 9.81. The van der Waals surface area contributed by atoms with Crippen LogP contribution in [-0.2, 0) is 28.6 Å². The Morgan fingerprint density at radius 1 is 0.288 bits per heavy atom. The number of unbranched alkanes of at least 4 members (excludes halogenated alkanes) is 43. The van der Waals surface area contributed by atoms with Gasteiger partial charge in [0.2, 0.25) is 0 Å². The first-order valence-corrected chi connectivity index (χ1v) is 32.5. The lowest BCUT2D eigenvalue weighted by atomic mass is 10.0. The summed E-state index contributed by atoms with van der Waals surface area (Å²) in [4.78, 5) is 37.9. The van der Waals surface area contributed by atoms with E-state index in [1.165, 1.54) is 225 Å². The molecule has 6 heteroatoms. The minimum Gasteiger partial charge on any atom is -0.462 e. The van der Waals surface area contributed by atoms with Crippen molar-refractivity contribution in [1.82, 2.24) is 0 Å². The number of ether oxygens (including phenoxy) is 3. The van der Waals surface area contributed by atoms with E-state index in [1.807, 2.05) is 0 Å². The standard InChI is InChI=1S/C67H124O6/c1-4-7-10-13-15-17-19-21-23-25-26-27-28-29-30-31-32-33-34-35-36-37-38-39-40-42-43-45-47-49-51-54-57-60-66(69)72-63-64(62-71-65(68)59-56-53-12-9-6-3)73-67(70)61-58-55-52-50-48-46-44-41-24-22-20-18-16-14-11-8-5-2/h8,11,16,18,22,24,64H,4-7,9-10,12-15,17,19-21,23,25-63H2,1-3H3/b11-8-,18-16-,24-22-. The molecule has 0 saturated heterocycles. The quantitative estimate of drug-likeness (QED) is 0.0261. The number of hydrogen-bond acceptors (Lipinski definition) is 6. The highest BCUT2D eigenvalue weighted by Gasteiger charge is 2.19. The van der Waals surface area contributed by atoms with Gasteiger partial charge in [-0.15, -0.1) is 0 Å². The van der Waals surface area contributed by atoms with Crippen molar-refractivity contribution in [2.75, 3.05) is 13.2 Å². The van der Waals surface area contributed by atoms with Crippen molar-refractivity contribution in [3.63, 3.8) is 0 Å². The van der Waals surface area contributed by atoms with Crippen LogP contribution < -0.4 is 0 Å². The van der Waals surface area contributed by atoms with E-state index in [2.05, 4.69) is 57.2 Å². The molecule has 0 aromatic rings. The van der Waals surface area contributed by atoms with Crippen LogP contribution in [0.4, 0.5) is 0 Å². The first kappa shape index (κ1) is 70.6. The van der Waals surface area contributed by atoms with Gasteiger partial charge >= 0.3 is 17.9 Å². The van der Waals surface area contributed by atoms with Crippen molar-refractivity contribution in [1.29, 1.82) is 0 Å². The summed E-state index contributed by atoms with van der Waals surface area (Å²) < 4.78 is 16.7. The normalized spacial score (nSPS) is 12.2. The van der Waals surface area contributed by atoms with Gasteiger partial charge in [-0.25, -0.2) is 0 Å². The van der Waals surface area contributed by atoms with Gasteiger partial charge in [0.1, 0.15) is 13.2 Å². The molecule has 428 valence electrons. The lowest BCUT2D eigenvalue weighted by Crippen LogP contribution is -2.30. The van der Waals surface area contributed by atoms with Crippen LogP contribution in [0.25, 0.3) is 0 Å². The second-order valence-corrected chi connectivity index (χ2v) is 22.0. The first-order valence-electron chi connectivity index (χ1n) is 32.5. The molecule has 0 bridgehead atoms. The molecule has 1 unspecified atom stereocenters. The highest BCUT2D eigenvalue weighted by atomic mass is 16.6. The topological polar surface area (TPSA) is 78.9 Å². The zero-order valence-corrected chi connectivity index (χ0v) is 49.2. The number of rotatable bonds is 60. The number of hydrogen-bond donors (Lipinski definition) is 0. The van der Waals surface area contributed by atoms with E-state index in [0.717, 1.165) is 89.9 Å². The second kappa shape index (κ2) is 62.2. The average Bonchev–Trinajstić information content (AvgIpc) is 3.39. The zero-order valence-electron chi connectivity index (χ0n) is 49.2. The molecule has 6 nitrogen and oxygen atoms in total. The van der Waals surface area contributed by atoms with Gasteiger partial charge in [0.05, 0.1) is 0 Å². The molecule has 0 radical (unpaired) electrons. The van der Waals surface area contributed by atoms with Crippen molar-refractivity contribution in [2.24, 2.45) is 0 Å². The van der Waals surface area contributed by atoms with Crippen LogP contribution in [0.2, 0.25) is 0 Å². The van der Waals surface area contributed by atoms with E-state index < -0.39 is 6.10 Å². The van der Waals surface area contributed by atoms with Gasteiger partial charge in [-0.2, -0.15) is 0 Å². The molecule has 0 aliphatic heterocycles. The monoisotopic (exact) mass is 1020 g/mol. The third-order valence-corrected chi connectivity index (χ3v) is 14.7. The molecule has 1 atom stereocenters. The van der Waals surface area contributed by atoms with Crippen LogP contribution in [0.15, 0.2) is 36.5 Å². The molecule has 0 aliphatic carbocycles. The van der Waals surface area contributed by atoms with E-state index in [9.17, 15) is 14.4 Å². The Morgan fingerprint density at radius 3 is 0.836 bits per heavy atom. The highest BCUT2D eigenvalue weighted by molar-refractivity contribution is 5.71. The Hall–Kier alpha value is -2.37. The van der Waals surface area contributed by atoms with Crippen LogP contribution in [0.5, 0.6) is 0 Å². The van der Waals surface area contributed by atoms with Crippen molar-refractivity contribution in [2.45, 2.75) is 361 Å². The maximum absolute atomic E-state index is 12.8. The number of esters is 3. The third kappa shape index (κ3) is 60.4. The fourth-order valence-electron chi connectivity index (χ4n) is 9.81. The van der Waals surface area contributed by atoms with Crippen LogP contribution in [0.1, 0.15) is 355 Å². The molecule has 0 aromatic heterocycles. The van der Waals surface area contributed by atoms with Crippen molar-refractivity contribution in [3.8, 4) is 0 Å². The van der Waals surface area contributed by atoms with E-state index in [-0.39, 0.29) is 31.1 Å². The molecule has 0 N–H and O–H groups in total. The Balaban J connectivity index is 3.87. The summed E-state index contributed by atoms with van der Waals surface area (Å²) in [5, 5.41) is 0. The van der Waals surface area contributed by atoms with E-state index >= 15 is 0 Å². The first-order chi connectivity index (χ1) is 36.0. The smallest absolute Gasteiger partial charge is 0.306 e. The Kier molecular flexibility index (Phi) is 60.2. The molecule has 0 rings (SSSR count). The molecule has 0 spiro atoms. The molecule has 0 aromatic carbocycles. The van der Waals surface area contributed by atoms with E-state index in [0.29, 0.717) is 19.3 Å². The Bertz CT molecular complexity index is 1220. The second-order valence-electron chi connectivity index (χ2n) is 22.0. The van der Waals surface area contributed by atoms with Crippen molar-refractivity contribution >= 4 is 17.9 Å². The maximum atomic E-state index is 12.8. The van der Waals surface area contributed by atoms with E-state index in [1.54, 1.807) is 0 Å². The fraction of sp³-hybridized carbons (Fsp3) is 0.866. The summed E-state index contributed by atoms with van der Waals surface area (Å²) in [7, 11) is 0. The van der Waals surface area contributed by atoms with Gasteiger partial charge in [0.25, 0.3) is 0 Å². The Morgan fingerprint density at radius 2 is 0.534 bits per heavy atom. The van der Waals surface area contributed by atoms with Gasteiger partial charge < -0.3 is 14.2 Å². The number of carbonyl (C=O) groups excluding carboxylic acids is 3. The van der Waals surface area contributed by atoms with Crippen LogP contribution in [-0.4, -0.2) is 37.2 Å². The average molecular weight is 1030 g/mol. The van der Waals surface area contributed by atoms with Crippen molar-refractivity contribution < 1.29 is 28.6 Å². The van der Waals surface area contributed by atoms with Gasteiger partial charge in [-0.3, -0.25) is 14.4 Å². The molecule has 0 amide bonds. The summed E-state index contributed by atoms with van der Waals surface area (Å²) in [6.45, 7) is 6.49. The summed E-state index contributed by atoms with van der Waals surface area (Å²) in [6, 6.07) is 0. The van der Waals surface area contributed by atoms with Crippen molar-refractivity contribution in [3.05, 3.63) is 36.5 Å². The van der Waals surface area contributed by atoms with Gasteiger partial charge in [0.15, 0.2) is 6.10 Å². The minimum absolute atomic E-state index is 0.0729. The zero-order chi connectivity index (χ0) is 52.9. The third-order valence-electron chi connectivity index (χ3n) is 14.7. The predicted octanol–water partition coefficient (Wildman–Crippen LogP) is 22.0. The summed E-state index contributed by atoms with van der Waals surface area (Å²) in [5.41, 5.74) is 0. The SMILES string of the molecule is CC/C=C\C/C=C\C/C=C\CCCCCCCCCC(=O)OC(COC(=O)CCCCCCC)COC(=O)CCCCCCCCCCCCCCCCCCCCCCCCCCCCCCCCCCC. The molecule has 0 heterocycles. The molecule has 0 aliphatic rings. The lowest BCUT2D eigenvalue weighted by molar-refractivity contribution is -0.167. The molecule has 0 saturated carbocycles. The summed E-state index contributed by atoms with van der Waals surface area (Å²) in [5.74, 6) is -0.880. The number of allylic oxidation sites excluding steroid dienone is 6. The van der Waals surface area contributed by atoms with Crippen LogP contribution >= 0.6 is 0 Å². The molecular weight excluding hydrogens is 901 g/mol.